The minimum absolute atomic E-state index is 0.459. The minimum atomic E-state index is 0.459. The molecular weight excluding hydrogens is 198 g/mol. The van der Waals surface area contributed by atoms with Crippen molar-refractivity contribution in [2.24, 2.45) is 0 Å². The Morgan fingerprint density at radius 2 is 1.94 bits per heavy atom. The Kier molecular flexibility index (Phi) is 5.39. The SMILES string of the molecule is CCCNC(C)C(CC)c1nccnc1C. The molecule has 3 heteroatoms. The molecule has 1 aromatic rings. The largest absolute Gasteiger partial charge is 0.314 e. The summed E-state index contributed by atoms with van der Waals surface area (Å²) in [6, 6.07) is 0.459. The molecule has 0 aromatic carbocycles. The molecule has 1 heterocycles. The molecule has 16 heavy (non-hydrogen) atoms. The zero-order valence-corrected chi connectivity index (χ0v) is 10.8. The third kappa shape index (κ3) is 3.27. The maximum absolute atomic E-state index is 4.48. The normalized spacial score (nSPS) is 14.8. The zero-order chi connectivity index (χ0) is 12.0. The van der Waals surface area contributed by atoms with E-state index in [-0.39, 0.29) is 0 Å². The average Bonchev–Trinajstić information content (AvgIpc) is 2.30. The standard InChI is InChI=1S/C13H23N3/c1-5-7-14-10(3)12(6-2)13-11(4)15-8-9-16-13/h8-10,12,14H,5-7H2,1-4H3. The molecule has 1 rings (SSSR count). The quantitative estimate of drug-likeness (QED) is 0.802. The van der Waals surface area contributed by atoms with Crippen LogP contribution in [0.1, 0.15) is 50.9 Å². The Balaban J connectivity index is 2.77. The molecule has 0 amide bonds. The minimum Gasteiger partial charge on any atom is -0.314 e. The van der Waals surface area contributed by atoms with Gasteiger partial charge in [-0.2, -0.15) is 0 Å². The molecule has 0 aliphatic heterocycles. The number of aromatic nitrogens is 2. The van der Waals surface area contributed by atoms with E-state index in [9.17, 15) is 0 Å². The molecule has 2 unspecified atom stereocenters. The Hall–Kier alpha value is -0.960. The van der Waals surface area contributed by atoms with E-state index in [1.54, 1.807) is 12.4 Å². The average molecular weight is 221 g/mol. The van der Waals surface area contributed by atoms with Crippen molar-refractivity contribution in [1.29, 1.82) is 0 Å². The van der Waals surface area contributed by atoms with Gasteiger partial charge < -0.3 is 5.32 Å². The molecule has 2 atom stereocenters. The van der Waals surface area contributed by atoms with E-state index in [1.807, 2.05) is 6.92 Å². The van der Waals surface area contributed by atoms with Gasteiger partial charge in [-0.1, -0.05) is 13.8 Å². The second-order valence-electron chi connectivity index (χ2n) is 4.28. The van der Waals surface area contributed by atoms with E-state index in [0.717, 1.165) is 24.4 Å². The van der Waals surface area contributed by atoms with Gasteiger partial charge in [0.05, 0.1) is 11.4 Å². The van der Waals surface area contributed by atoms with Crippen molar-refractivity contribution in [3.05, 3.63) is 23.8 Å². The third-order valence-electron chi connectivity index (χ3n) is 3.03. The van der Waals surface area contributed by atoms with E-state index in [1.165, 1.54) is 6.42 Å². The van der Waals surface area contributed by atoms with Crippen LogP contribution in [-0.4, -0.2) is 22.6 Å². The van der Waals surface area contributed by atoms with E-state index >= 15 is 0 Å². The Morgan fingerprint density at radius 1 is 1.25 bits per heavy atom. The van der Waals surface area contributed by atoms with Crippen molar-refractivity contribution in [3.8, 4) is 0 Å². The fraction of sp³-hybridized carbons (Fsp3) is 0.692. The molecule has 0 bridgehead atoms. The summed E-state index contributed by atoms with van der Waals surface area (Å²) in [7, 11) is 0. The molecule has 0 fully saturated rings. The van der Waals surface area contributed by atoms with Crippen molar-refractivity contribution < 1.29 is 0 Å². The topological polar surface area (TPSA) is 37.8 Å². The summed E-state index contributed by atoms with van der Waals surface area (Å²) >= 11 is 0. The highest BCUT2D eigenvalue weighted by atomic mass is 14.9. The highest BCUT2D eigenvalue weighted by Crippen LogP contribution is 2.23. The van der Waals surface area contributed by atoms with E-state index in [2.05, 4.69) is 36.1 Å². The summed E-state index contributed by atoms with van der Waals surface area (Å²) in [4.78, 5) is 8.80. The first-order chi connectivity index (χ1) is 7.70. The molecule has 1 N–H and O–H groups in total. The summed E-state index contributed by atoms with van der Waals surface area (Å²) in [6.45, 7) is 9.74. The van der Waals surface area contributed by atoms with Gasteiger partial charge in [0, 0.05) is 24.4 Å². The van der Waals surface area contributed by atoms with Crippen LogP contribution in [-0.2, 0) is 0 Å². The second-order valence-corrected chi connectivity index (χ2v) is 4.28. The number of aryl methyl sites for hydroxylation is 1. The first kappa shape index (κ1) is 13.1. The summed E-state index contributed by atoms with van der Waals surface area (Å²) in [5.41, 5.74) is 2.20. The predicted molar refractivity (Wildman–Crippen MR) is 67.6 cm³/mol. The van der Waals surface area contributed by atoms with Crippen molar-refractivity contribution in [3.63, 3.8) is 0 Å². The lowest BCUT2D eigenvalue weighted by molar-refractivity contribution is 0.440. The lowest BCUT2D eigenvalue weighted by atomic mass is 9.93. The third-order valence-corrected chi connectivity index (χ3v) is 3.03. The number of rotatable bonds is 6. The molecule has 0 aliphatic rings. The van der Waals surface area contributed by atoms with Gasteiger partial charge in [-0.3, -0.25) is 9.97 Å². The Bertz CT molecular complexity index is 312. The highest BCUT2D eigenvalue weighted by Gasteiger charge is 2.20. The van der Waals surface area contributed by atoms with Gasteiger partial charge in [-0.15, -0.1) is 0 Å². The number of nitrogens with one attached hydrogen (secondary N) is 1. The number of nitrogens with zero attached hydrogens (tertiary/aromatic N) is 2. The first-order valence-corrected chi connectivity index (χ1v) is 6.21. The van der Waals surface area contributed by atoms with Crippen molar-refractivity contribution in [2.75, 3.05) is 6.54 Å². The van der Waals surface area contributed by atoms with Gasteiger partial charge in [0.1, 0.15) is 0 Å². The number of hydrogen-bond donors (Lipinski definition) is 1. The van der Waals surface area contributed by atoms with Crippen LogP contribution in [0.15, 0.2) is 12.4 Å². The van der Waals surface area contributed by atoms with Crippen molar-refractivity contribution in [1.82, 2.24) is 15.3 Å². The summed E-state index contributed by atoms with van der Waals surface area (Å²) in [5, 5.41) is 3.54. The fourth-order valence-corrected chi connectivity index (χ4v) is 2.08. The van der Waals surface area contributed by atoms with Gasteiger partial charge in [0.2, 0.25) is 0 Å². The molecule has 0 saturated carbocycles. The molecule has 1 aromatic heterocycles. The van der Waals surface area contributed by atoms with Gasteiger partial charge in [0.25, 0.3) is 0 Å². The van der Waals surface area contributed by atoms with Gasteiger partial charge in [-0.05, 0) is 33.2 Å². The van der Waals surface area contributed by atoms with Crippen LogP contribution in [0.2, 0.25) is 0 Å². The lowest BCUT2D eigenvalue weighted by Gasteiger charge is -2.24. The van der Waals surface area contributed by atoms with Crippen LogP contribution in [0, 0.1) is 6.92 Å². The van der Waals surface area contributed by atoms with Gasteiger partial charge in [0.15, 0.2) is 0 Å². The number of hydrogen-bond acceptors (Lipinski definition) is 3. The molecule has 0 aliphatic carbocycles. The zero-order valence-electron chi connectivity index (χ0n) is 10.8. The van der Waals surface area contributed by atoms with Gasteiger partial charge in [-0.25, -0.2) is 0 Å². The highest BCUT2D eigenvalue weighted by molar-refractivity contribution is 5.15. The first-order valence-electron chi connectivity index (χ1n) is 6.21. The predicted octanol–water partition coefficient (Wildman–Crippen LogP) is 2.67. The Labute approximate surface area is 98.7 Å². The maximum atomic E-state index is 4.48. The molecule has 0 radical (unpaired) electrons. The van der Waals surface area contributed by atoms with E-state index in [4.69, 9.17) is 0 Å². The smallest absolute Gasteiger partial charge is 0.0662 e. The van der Waals surface area contributed by atoms with E-state index in [0.29, 0.717) is 12.0 Å². The second kappa shape index (κ2) is 6.59. The molecular formula is C13H23N3. The maximum Gasteiger partial charge on any atom is 0.0662 e. The Morgan fingerprint density at radius 3 is 2.50 bits per heavy atom. The molecule has 0 saturated heterocycles. The molecule has 90 valence electrons. The molecule has 0 spiro atoms. The molecule has 3 nitrogen and oxygen atoms in total. The monoisotopic (exact) mass is 221 g/mol. The summed E-state index contributed by atoms with van der Waals surface area (Å²) in [6.07, 6.45) is 5.81. The van der Waals surface area contributed by atoms with Crippen LogP contribution in [0.25, 0.3) is 0 Å². The lowest BCUT2D eigenvalue weighted by Crippen LogP contribution is -2.33. The van der Waals surface area contributed by atoms with Crippen LogP contribution in [0.3, 0.4) is 0 Å². The van der Waals surface area contributed by atoms with Gasteiger partial charge >= 0.3 is 0 Å². The summed E-state index contributed by atoms with van der Waals surface area (Å²) in [5.74, 6) is 0.459. The van der Waals surface area contributed by atoms with Crippen LogP contribution in [0.4, 0.5) is 0 Å². The van der Waals surface area contributed by atoms with Crippen LogP contribution in [0.5, 0.6) is 0 Å². The van der Waals surface area contributed by atoms with E-state index < -0.39 is 0 Å². The fourth-order valence-electron chi connectivity index (χ4n) is 2.08. The van der Waals surface area contributed by atoms with Crippen LogP contribution >= 0.6 is 0 Å². The van der Waals surface area contributed by atoms with Crippen molar-refractivity contribution >= 4 is 0 Å². The van der Waals surface area contributed by atoms with Crippen molar-refractivity contribution in [2.45, 2.75) is 52.5 Å². The summed E-state index contributed by atoms with van der Waals surface area (Å²) < 4.78 is 0. The van der Waals surface area contributed by atoms with Crippen LogP contribution < -0.4 is 5.32 Å².